The summed E-state index contributed by atoms with van der Waals surface area (Å²) in [6.07, 6.45) is 0.876. The highest BCUT2D eigenvalue weighted by Gasteiger charge is 2.16. The van der Waals surface area contributed by atoms with Crippen LogP contribution in [0.15, 0.2) is 33.9 Å². The molecule has 0 saturated carbocycles. The molecule has 0 amide bonds. The van der Waals surface area contributed by atoms with E-state index in [2.05, 4.69) is 4.98 Å². The zero-order valence-corrected chi connectivity index (χ0v) is 13.3. The van der Waals surface area contributed by atoms with E-state index >= 15 is 0 Å². The molecule has 1 heterocycles. The van der Waals surface area contributed by atoms with Crippen molar-refractivity contribution in [2.45, 2.75) is 26.8 Å². The average molecular weight is 327 g/mol. The molecule has 2 rings (SSSR count). The molecule has 0 bridgehead atoms. The first-order valence-electron chi connectivity index (χ1n) is 6.72. The van der Waals surface area contributed by atoms with E-state index in [0.717, 1.165) is 6.42 Å². The molecule has 4 nitrogen and oxygen atoms in total. The molecule has 0 spiro atoms. The molecule has 1 aromatic heterocycles. The first-order chi connectivity index (χ1) is 9.93. The van der Waals surface area contributed by atoms with E-state index in [9.17, 15) is 9.59 Å². The standard InChI is InChI=1S/C15H16Cl2N2O2/c1-3-9(2)8-19-14(20)12(13(17)18-15(19)21)10-5-4-6-11(16)7-10/h4-7,9H,3,8H2,1-2H3,(H,18,21). The van der Waals surface area contributed by atoms with Gasteiger partial charge in [0.1, 0.15) is 5.15 Å². The van der Waals surface area contributed by atoms with Gasteiger partial charge in [0.25, 0.3) is 5.56 Å². The molecule has 1 N–H and O–H groups in total. The van der Waals surface area contributed by atoms with E-state index in [0.29, 0.717) is 17.1 Å². The van der Waals surface area contributed by atoms with Gasteiger partial charge in [0, 0.05) is 11.6 Å². The van der Waals surface area contributed by atoms with Gasteiger partial charge in [-0.1, -0.05) is 55.6 Å². The predicted molar refractivity (Wildman–Crippen MR) is 86.2 cm³/mol. The third-order valence-corrected chi connectivity index (χ3v) is 3.96. The second-order valence-electron chi connectivity index (χ2n) is 5.06. The average Bonchev–Trinajstić information content (AvgIpc) is 2.43. The fraction of sp³-hybridized carbons (Fsp3) is 0.333. The fourth-order valence-corrected chi connectivity index (χ4v) is 2.51. The van der Waals surface area contributed by atoms with Crippen LogP contribution in [-0.4, -0.2) is 9.55 Å². The lowest BCUT2D eigenvalue weighted by Crippen LogP contribution is -2.37. The third kappa shape index (κ3) is 3.39. The van der Waals surface area contributed by atoms with Crippen LogP contribution < -0.4 is 11.2 Å². The largest absolute Gasteiger partial charge is 0.329 e. The minimum atomic E-state index is -0.490. The van der Waals surface area contributed by atoms with Crippen molar-refractivity contribution < 1.29 is 0 Å². The van der Waals surface area contributed by atoms with Crippen LogP contribution in [0.3, 0.4) is 0 Å². The van der Waals surface area contributed by atoms with Crippen molar-refractivity contribution in [1.82, 2.24) is 9.55 Å². The lowest BCUT2D eigenvalue weighted by Gasteiger charge is -2.12. The summed E-state index contributed by atoms with van der Waals surface area (Å²) in [5, 5.41) is 0.537. The van der Waals surface area contributed by atoms with Crippen LogP contribution in [0.5, 0.6) is 0 Å². The Morgan fingerprint density at radius 1 is 1.29 bits per heavy atom. The molecule has 0 saturated heterocycles. The normalized spacial score (nSPS) is 12.4. The first kappa shape index (κ1) is 15.9. The predicted octanol–water partition coefficient (Wildman–Crippen LogP) is 3.56. The molecule has 2 aromatic rings. The molecule has 0 aliphatic heterocycles. The van der Waals surface area contributed by atoms with Crippen LogP contribution in [-0.2, 0) is 6.54 Å². The Hall–Kier alpha value is -1.52. The van der Waals surface area contributed by atoms with Crippen LogP contribution in [0.2, 0.25) is 10.2 Å². The van der Waals surface area contributed by atoms with Gasteiger partial charge in [0.2, 0.25) is 0 Å². The second kappa shape index (κ2) is 6.50. The lowest BCUT2D eigenvalue weighted by molar-refractivity contribution is 0.447. The van der Waals surface area contributed by atoms with E-state index in [4.69, 9.17) is 23.2 Å². The van der Waals surface area contributed by atoms with Crippen molar-refractivity contribution in [3.63, 3.8) is 0 Å². The Kier molecular flexibility index (Phi) is 4.91. The molecule has 112 valence electrons. The molecule has 21 heavy (non-hydrogen) atoms. The van der Waals surface area contributed by atoms with E-state index in [1.807, 2.05) is 13.8 Å². The number of aromatic nitrogens is 2. The molecule has 1 atom stereocenters. The number of aromatic amines is 1. The summed E-state index contributed by atoms with van der Waals surface area (Å²) in [6, 6.07) is 6.83. The first-order valence-corrected chi connectivity index (χ1v) is 7.48. The maximum absolute atomic E-state index is 12.6. The Labute approximate surface area is 132 Å². The van der Waals surface area contributed by atoms with E-state index in [1.165, 1.54) is 4.57 Å². The molecule has 1 aromatic carbocycles. The van der Waals surface area contributed by atoms with E-state index in [1.54, 1.807) is 24.3 Å². The van der Waals surface area contributed by atoms with Crippen LogP contribution in [0, 0.1) is 5.92 Å². The van der Waals surface area contributed by atoms with Crippen molar-refractivity contribution in [2.75, 3.05) is 0 Å². The summed E-state index contributed by atoms with van der Waals surface area (Å²) in [5.41, 5.74) is -0.0314. The quantitative estimate of drug-likeness (QED) is 0.873. The van der Waals surface area contributed by atoms with E-state index in [-0.39, 0.29) is 16.6 Å². The van der Waals surface area contributed by atoms with Gasteiger partial charge >= 0.3 is 5.69 Å². The second-order valence-corrected chi connectivity index (χ2v) is 5.87. The van der Waals surface area contributed by atoms with Crippen LogP contribution >= 0.6 is 23.2 Å². The highest BCUT2D eigenvalue weighted by atomic mass is 35.5. The molecule has 0 aliphatic rings. The Balaban J connectivity index is 2.65. The summed E-state index contributed by atoms with van der Waals surface area (Å²) in [4.78, 5) is 27.1. The number of H-pyrrole nitrogens is 1. The maximum atomic E-state index is 12.6. The topological polar surface area (TPSA) is 54.9 Å². The zero-order valence-electron chi connectivity index (χ0n) is 11.8. The van der Waals surface area contributed by atoms with Gasteiger partial charge in [-0.2, -0.15) is 0 Å². The number of nitrogens with zero attached hydrogens (tertiary/aromatic N) is 1. The monoisotopic (exact) mass is 326 g/mol. The van der Waals surface area contributed by atoms with Crippen LogP contribution in [0.4, 0.5) is 0 Å². The van der Waals surface area contributed by atoms with Crippen molar-refractivity contribution in [2.24, 2.45) is 5.92 Å². The Bertz CT molecular complexity index is 765. The molecule has 6 heteroatoms. The fourth-order valence-electron chi connectivity index (χ4n) is 2.05. The summed E-state index contributed by atoms with van der Waals surface area (Å²) < 4.78 is 1.19. The number of rotatable bonds is 4. The number of halogens is 2. The third-order valence-electron chi connectivity index (χ3n) is 3.44. The van der Waals surface area contributed by atoms with Gasteiger partial charge in [-0.25, -0.2) is 4.79 Å². The van der Waals surface area contributed by atoms with Crippen LogP contribution in [0.1, 0.15) is 20.3 Å². The summed E-state index contributed by atoms with van der Waals surface area (Å²) >= 11 is 12.0. The molecule has 0 aliphatic carbocycles. The van der Waals surface area contributed by atoms with Gasteiger partial charge in [-0.3, -0.25) is 14.3 Å². The SMILES string of the molecule is CCC(C)Cn1c(=O)[nH]c(Cl)c(-c2cccc(Cl)c2)c1=O. The van der Waals surface area contributed by atoms with Gasteiger partial charge in [0.05, 0.1) is 5.56 Å². The number of benzene rings is 1. The van der Waals surface area contributed by atoms with Gasteiger partial charge in [-0.15, -0.1) is 0 Å². The Morgan fingerprint density at radius 2 is 2.00 bits per heavy atom. The van der Waals surface area contributed by atoms with Crippen molar-refractivity contribution in [1.29, 1.82) is 0 Å². The number of hydrogen-bond acceptors (Lipinski definition) is 2. The molecular weight excluding hydrogens is 311 g/mol. The lowest BCUT2D eigenvalue weighted by atomic mass is 10.1. The van der Waals surface area contributed by atoms with Crippen molar-refractivity contribution >= 4 is 23.2 Å². The van der Waals surface area contributed by atoms with Crippen molar-refractivity contribution in [3.8, 4) is 11.1 Å². The summed E-state index contributed by atoms with van der Waals surface area (Å²) in [7, 11) is 0. The molecular formula is C15H16Cl2N2O2. The zero-order chi connectivity index (χ0) is 15.6. The molecule has 0 fully saturated rings. The number of hydrogen-bond donors (Lipinski definition) is 1. The molecule has 0 radical (unpaired) electrons. The van der Waals surface area contributed by atoms with Crippen LogP contribution in [0.25, 0.3) is 11.1 Å². The highest BCUT2D eigenvalue weighted by Crippen LogP contribution is 2.24. The molecule has 1 unspecified atom stereocenters. The summed E-state index contributed by atoms with van der Waals surface area (Å²) in [6.45, 7) is 4.35. The summed E-state index contributed by atoms with van der Waals surface area (Å²) in [5.74, 6) is 0.220. The number of nitrogens with one attached hydrogen (secondary N) is 1. The van der Waals surface area contributed by atoms with E-state index < -0.39 is 11.2 Å². The highest BCUT2D eigenvalue weighted by molar-refractivity contribution is 6.32. The minimum absolute atomic E-state index is 0.0349. The van der Waals surface area contributed by atoms with Gasteiger partial charge in [0.15, 0.2) is 0 Å². The smallest absolute Gasteiger partial charge is 0.297 e. The minimum Gasteiger partial charge on any atom is -0.297 e. The Morgan fingerprint density at radius 3 is 2.62 bits per heavy atom. The van der Waals surface area contributed by atoms with Gasteiger partial charge < -0.3 is 0 Å². The maximum Gasteiger partial charge on any atom is 0.329 e. The van der Waals surface area contributed by atoms with Gasteiger partial charge in [-0.05, 0) is 23.6 Å². The van der Waals surface area contributed by atoms with Crippen molar-refractivity contribution in [3.05, 3.63) is 55.3 Å².